The topological polar surface area (TPSA) is 91.6 Å². The molecule has 1 aromatic carbocycles. The zero-order valence-electron chi connectivity index (χ0n) is 11.3. The Bertz CT molecular complexity index is 581. The van der Waals surface area contributed by atoms with E-state index in [0.717, 1.165) is 0 Å². The van der Waals surface area contributed by atoms with Crippen LogP contribution in [0, 0.1) is 0 Å². The van der Waals surface area contributed by atoms with Gasteiger partial charge in [0.05, 0.1) is 18.9 Å². The second-order valence-corrected chi connectivity index (χ2v) is 4.40. The minimum Gasteiger partial charge on any atom is -0.467 e. The molecule has 1 heterocycles. The Kier molecular flexibility index (Phi) is 5.11. The predicted molar refractivity (Wildman–Crippen MR) is 75.0 cm³/mol. The number of nitrogens with one attached hydrogen (secondary N) is 2. The Hall–Kier alpha value is -2.60. The van der Waals surface area contributed by atoms with Gasteiger partial charge < -0.3 is 20.2 Å². The summed E-state index contributed by atoms with van der Waals surface area (Å²) in [6.07, 6.45) is 0.630. The lowest BCUT2D eigenvalue weighted by Gasteiger charge is -2.11. The molecule has 21 heavy (non-hydrogen) atoms. The van der Waals surface area contributed by atoms with E-state index in [9.17, 15) is 14.7 Å². The molecule has 0 bridgehead atoms. The first-order valence-electron chi connectivity index (χ1n) is 6.48. The van der Waals surface area contributed by atoms with Crippen molar-refractivity contribution >= 4 is 11.8 Å². The van der Waals surface area contributed by atoms with Crippen molar-refractivity contribution < 1.29 is 19.1 Å². The molecule has 3 N–H and O–H groups in total. The zero-order valence-corrected chi connectivity index (χ0v) is 11.3. The lowest BCUT2D eigenvalue weighted by Crippen LogP contribution is -2.41. The maximum absolute atomic E-state index is 11.6. The lowest BCUT2D eigenvalue weighted by atomic mass is 10.1. The summed E-state index contributed by atoms with van der Waals surface area (Å²) in [4.78, 5) is 23.1. The van der Waals surface area contributed by atoms with Crippen LogP contribution in [-0.4, -0.2) is 23.5 Å². The lowest BCUT2D eigenvalue weighted by molar-refractivity contribution is -0.139. The maximum Gasteiger partial charge on any atom is 0.309 e. The Morgan fingerprint density at radius 1 is 1.05 bits per heavy atom. The zero-order chi connectivity index (χ0) is 15.1. The molecule has 1 unspecified atom stereocenters. The molecule has 1 aromatic heterocycles. The summed E-state index contributed by atoms with van der Waals surface area (Å²) < 4.78 is 5.03. The average molecular weight is 288 g/mol. The van der Waals surface area contributed by atoms with Crippen LogP contribution < -0.4 is 10.6 Å². The fourth-order valence-electron chi connectivity index (χ4n) is 1.72. The molecule has 6 nitrogen and oxygen atoms in total. The highest BCUT2D eigenvalue weighted by atomic mass is 16.3. The third kappa shape index (κ3) is 4.47. The highest BCUT2D eigenvalue weighted by Gasteiger charge is 2.15. The maximum atomic E-state index is 11.6. The van der Waals surface area contributed by atoms with E-state index in [0.29, 0.717) is 11.3 Å². The molecule has 110 valence electrons. The van der Waals surface area contributed by atoms with Gasteiger partial charge in [0.1, 0.15) is 5.76 Å². The van der Waals surface area contributed by atoms with Crippen molar-refractivity contribution in [3.05, 3.63) is 60.1 Å². The van der Waals surface area contributed by atoms with Gasteiger partial charge in [-0.05, 0) is 17.7 Å². The molecule has 0 fully saturated rings. The first kappa shape index (κ1) is 14.8. The van der Waals surface area contributed by atoms with Crippen molar-refractivity contribution in [3.63, 3.8) is 0 Å². The fourth-order valence-corrected chi connectivity index (χ4v) is 1.72. The SMILES string of the molecule is O=C(NCc1ccco1)C(=O)NCC(O)c1ccccc1. The van der Waals surface area contributed by atoms with Crippen LogP contribution in [0.3, 0.4) is 0 Å². The molecule has 2 aromatic rings. The Morgan fingerprint density at radius 3 is 2.43 bits per heavy atom. The highest BCUT2D eigenvalue weighted by Crippen LogP contribution is 2.10. The van der Waals surface area contributed by atoms with Gasteiger partial charge in [-0.2, -0.15) is 0 Å². The van der Waals surface area contributed by atoms with E-state index < -0.39 is 17.9 Å². The van der Waals surface area contributed by atoms with Crippen molar-refractivity contribution in [1.29, 1.82) is 0 Å². The van der Waals surface area contributed by atoms with Gasteiger partial charge in [-0.25, -0.2) is 0 Å². The number of furan rings is 1. The largest absolute Gasteiger partial charge is 0.467 e. The van der Waals surface area contributed by atoms with Gasteiger partial charge in [0, 0.05) is 6.54 Å². The molecule has 1 atom stereocenters. The summed E-state index contributed by atoms with van der Waals surface area (Å²) in [5.41, 5.74) is 0.675. The van der Waals surface area contributed by atoms with Crippen LogP contribution >= 0.6 is 0 Å². The van der Waals surface area contributed by atoms with Crippen LogP contribution in [0.25, 0.3) is 0 Å². The first-order valence-corrected chi connectivity index (χ1v) is 6.48. The second-order valence-electron chi connectivity index (χ2n) is 4.40. The van der Waals surface area contributed by atoms with E-state index in [-0.39, 0.29) is 13.1 Å². The first-order chi connectivity index (χ1) is 10.2. The number of aliphatic hydroxyl groups excluding tert-OH is 1. The summed E-state index contributed by atoms with van der Waals surface area (Å²) >= 11 is 0. The van der Waals surface area contributed by atoms with Crippen LogP contribution in [-0.2, 0) is 16.1 Å². The molecule has 0 aliphatic heterocycles. The van der Waals surface area contributed by atoms with Crippen molar-refractivity contribution in [2.24, 2.45) is 0 Å². The van der Waals surface area contributed by atoms with Gasteiger partial charge in [-0.1, -0.05) is 30.3 Å². The smallest absolute Gasteiger partial charge is 0.309 e. The third-order valence-electron chi connectivity index (χ3n) is 2.85. The fraction of sp³-hybridized carbons (Fsp3) is 0.200. The number of benzene rings is 1. The van der Waals surface area contributed by atoms with E-state index in [2.05, 4.69) is 10.6 Å². The summed E-state index contributed by atoms with van der Waals surface area (Å²) in [5, 5.41) is 14.7. The Balaban J connectivity index is 1.75. The number of aliphatic hydroxyl groups is 1. The molecule has 2 rings (SSSR count). The normalized spacial score (nSPS) is 11.7. The number of hydrogen-bond acceptors (Lipinski definition) is 4. The molecule has 6 heteroatoms. The number of amides is 2. The number of carbonyl (C=O) groups is 2. The van der Waals surface area contributed by atoms with Crippen LogP contribution in [0.5, 0.6) is 0 Å². The van der Waals surface area contributed by atoms with Crippen LogP contribution in [0.15, 0.2) is 53.1 Å². The second kappa shape index (κ2) is 7.25. The highest BCUT2D eigenvalue weighted by molar-refractivity contribution is 6.35. The van der Waals surface area contributed by atoms with E-state index in [4.69, 9.17) is 4.42 Å². The molecular weight excluding hydrogens is 272 g/mol. The summed E-state index contributed by atoms with van der Waals surface area (Å²) in [5.74, 6) is -1.01. The van der Waals surface area contributed by atoms with Gasteiger partial charge in [-0.15, -0.1) is 0 Å². The molecule has 2 amide bonds. The number of rotatable bonds is 5. The molecule has 0 saturated carbocycles. The van der Waals surface area contributed by atoms with Gasteiger partial charge in [-0.3, -0.25) is 9.59 Å². The summed E-state index contributed by atoms with van der Waals surface area (Å²) in [6, 6.07) is 12.3. The van der Waals surface area contributed by atoms with Crippen LogP contribution in [0.2, 0.25) is 0 Å². The molecular formula is C15H16N2O4. The van der Waals surface area contributed by atoms with E-state index in [1.165, 1.54) is 6.26 Å². The van der Waals surface area contributed by atoms with Gasteiger partial charge in [0.15, 0.2) is 0 Å². The van der Waals surface area contributed by atoms with Crippen molar-refractivity contribution in [1.82, 2.24) is 10.6 Å². The Morgan fingerprint density at radius 2 is 1.76 bits per heavy atom. The van der Waals surface area contributed by atoms with Gasteiger partial charge in [0.2, 0.25) is 0 Å². The summed E-state index contributed by atoms with van der Waals surface area (Å²) in [7, 11) is 0. The minimum atomic E-state index is -0.854. The Labute approximate surface area is 121 Å². The molecule has 0 aliphatic carbocycles. The van der Waals surface area contributed by atoms with Gasteiger partial charge in [0.25, 0.3) is 0 Å². The predicted octanol–water partition coefficient (Wildman–Crippen LogP) is 0.746. The molecule has 0 aliphatic rings. The van der Waals surface area contributed by atoms with Crippen LogP contribution in [0.1, 0.15) is 17.4 Å². The van der Waals surface area contributed by atoms with Crippen molar-refractivity contribution in [2.45, 2.75) is 12.6 Å². The van der Waals surface area contributed by atoms with Gasteiger partial charge >= 0.3 is 11.8 Å². The van der Waals surface area contributed by atoms with Crippen LogP contribution in [0.4, 0.5) is 0 Å². The summed E-state index contributed by atoms with van der Waals surface area (Å²) in [6.45, 7) is 0.109. The van der Waals surface area contributed by atoms with E-state index in [1.807, 2.05) is 6.07 Å². The minimum absolute atomic E-state index is 0.0307. The third-order valence-corrected chi connectivity index (χ3v) is 2.85. The van der Waals surface area contributed by atoms with Crippen molar-refractivity contribution in [2.75, 3.05) is 6.54 Å². The number of hydrogen-bond donors (Lipinski definition) is 3. The molecule has 0 saturated heterocycles. The average Bonchev–Trinajstić information content (AvgIpc) is 3.04. The molecule has 0 radical (unpaired) electrons. The molecule has 0 spiro atoms. The standard InChI is InChI=1S/C15H16N2O4/c18-13(11-5-2-1-3-6-11)10-17-15(20)14(19)16-9-12-7-4-8-21-12/h1-8,13,18H,9-10H2,(H,16,19)(H,17,20). The number of carbonyl (C=O) groups excluding carboxylic acids is 2. The van der Waals surface area contributed by atoms with E-state index in [1.54, 1.807) is 36.4 Å². The van der Waals surface area contributed by atoms with E-state index >= 15 is 0 Å². The van der Waals surface area contributed by atoms with Crippen molar-refractivity contribution in [3.8, 4) is 0 Å². The monoisotopic (exact) mass is 288 g/mol. The quantitative estimate of drug-likeness (QED) is 0.708.